The van der Waals surface area contributed by atoms with Crippen LogP contribution in [0.4, 0.5) is 0 Å². The summed E-state index contributed by atoms with van der Waals surface area (Å²) in [6.07, 6.45) is 0.126. The quantitative estimate of drug-likeness (QED) is 0.764. The first-order valence-corrected chi connectivity index (χ1v) is 5.49. The monoisotopic (exact) mass is 214 g/mol. The van der Waals surface area contributed by atoms with E-state index in [1.807, 2.05) is 24.4 Å². The summed E-state index contributed by atoms with van der Waals surface area (Å²) < 4.78 is 4.87. The number of ether oxygens (including phenoxy) is 1. The molecule has 0 radical (unpaired) electrons. The molecule has 3 nitrogen and oxygen atoms in total. The van der Waals surface area contributed by atoms with Gasteiger partial charge in [0, 0.05) is 4.88 Å². The minimum atomic E-state index is -0.723. The number of aliphatic hydroxyl groups is 1. The molecule has 0 bridgehead atoms. The van der Waals surface area contributed by atoms with Crippen molar-refractivity contribution in [2.24, 2.45) is 0 Å². The number of thiophene rings is 1. The molecule has 1 aromatic rings. The van der Waals surface area contributed by atoms with Crippen LogP contribution in [-0.4, -0.2) is 17.7 Å². The van der Waals surface area contributed by atoms with Gasteiger partial charge in [-0.3, -0.25) is 4.79 Å². The molecule has 1 heterocycles. The minimum absolute atomic E-state index is 0.0422. The van der Waals surface area contributed by atoms with Crippen molar-refractivity contribution < 1.29 is 14.6 Å². The highest BCUT2D eigenvalue weighted by molar-refractivity contribution is 7.10. The van der Waals surface area contributed by atoms with E-state index in [4.69, 9.17) is 4.74 Å². The van der Waals surface area contributed by atoms with Crippen LogP contribution < -0.4 is 0 Å². The molecule has 1 atom stereocenters. The summed E-state index contributed by atoms with van der Waals surface area (Å²) in [7, 11) is 0. The molecular formula is C10H14O3S. The summed E-state index contributed by atoms with van der Waals surface area (Å²) in [6, 6.07) is 3.66. The Morgan fingerprint density at radius 1 is 1.71 bits per heavy atom. The van der Waals surface area contributed by atoms with E-state index in [0.717, 1.165) is 11.3 Å². The number of aliphatic hydroxyl groups excluding tert-OH is 1. The van der Waals surface area contributed by atoms with Crippen molar-refractivity contribution in [1.29, 1.82) is 0 Å². The van der Waals surface area contributed by atoms with Gasteiger partial charge in [-0.15, -0.1) is 11.3 Å². The third kappa shape index (κ3) is 3.47. The summed E-state index contributed by atoms with van der Waals surface area (Å²) >= 11 is 1.44. The summed E-state index contributed by atoms with van der Waals surface area (Å²) in [6.45, 7) is 2.36. The smallest absolute Gasteiger partial charge is 0.308 e. The molecule has 0 aromatic carbocycles. The van der Waals surface area contributed by atoms with E-state index in [1.165, 1.54) is 11.3 Å². The maximum atomic E-state index is 11.1. The lowest BCUT2D eigenvalue weighted by molar-refractivity contribution is -0.145. The van der Waals surface area contributed by atoms with Crippen LogP contribution in [0.25, 0.3) is 0 Å². The number of hydrogen-bond donors (Lipinski definition) is 1. The zero-order valence-electron chi connectivity index (χ0n) is 8.10. The van der Waals surface area contributed by atoms with Crippen LogP contribution in [-0.2, 0) is 9.53 Å². The van der Waals surface area contributed by atoms with Crippen LogP contribution in [0.5, 0.6) is 0 Å². The maximum Gasteiger partial charge on any atom is 0.308 e. The molecule has 1 aromatic heterocycles. The first-order chi connectivity index (χ1) is 6.74. The van der Waals surface area contributed by atoms with E-state index in [2.05, 4.69) is 0 Å². The predicted octanol–water partition coefficient (Wildman–Crippen LogP) is 2.12. The molecule has 0 fully saturated rings. The van der Waals surface area contributed by atoms with Gasteiger partial charge in [-0.05, 0) is 17.9 Å². The normalized spacial score (nSPS) is 12.4. The summed E-state index contributed by atoms with van der Waals surface area (Å²) in [4.78, 5) is 11.9. The molecular weight excluding hydrogens is 200 g/mol. The van der Waals surface area contributed by atoms with Gasteiger partial charge in [0.25, 0.3) is 0 Å². The lowest BCUT2D eigenvalue weighted by Gasteiger charge is -2.07. The first kappa shape index (κ1) is 11.2. The Labute approximate surface area is 87.3 Å². The molecule has 0 unspecified atom stereocenters. The third-order valence-electron chi connectivity index (χ3n) is 1.70. The second kappa shape index (κ2) is 5.78. The van der Waals surface area contributed by atoms with Crippen LogP contribution in [0.1, 0.15) is 30.7 Å². The second-order valence-corrected chi connectivity index (χ2v) is 3.94. The van der Waals surface area contributed by atoms with Crippen molar-refractivity contribution >= 4 is 17.3 Å². The molecule has 78 valence electrons. The van der Waals surface area contributed by atoms with Crippen LogP contribution in [0.2, 0.25) is 0 Å². The highest BCUT2D eigenvalue weighted by Crippen LogP contribution is 2.21. The Hall–Kier alpha value is -0.870. The zero-order chi connectivity index (χ0) is 10.4. The van der Waals surface area contributed by atoms with E-state index < -0.39 is 6.10 Å². The van der Waals surface area contributed by atoms with Gasteiger partial charge >= 0.3 is 5.97 Å². The number of carbonyl (C=O) groups excluding carboxylic acids is 1. The van der Waals surface area contributed by atoms with E-state index >= 15 is 0 Å². The van der Waals surface area contributed by atoms with Crippen LogP contribution in [0, 0.1) is 0 Å². The van der Waals surface area contributed by atoms with Crippen LogP contribution >= 0.6 is 11.3 Å². The van der Waals surface area contributed by atoms with Gasteiger partial charge in [-0.25, -0.2) is 0 Å². The fraction of sp³-hybridized carbons (Fsp3) is 0.500. The molecule has 1 rings (SSSR count). The molecule has 0 aliphatic carbocycles. The Bertz CT molecular complexity index is 269. The third-order valence-corrected chi connectivity index (χ3v) is 2.67. The standard InChI is InChI=1S/C10H14O3S/c1-2-5-13-10(12)7-8(11)9-4-3-6-14-9/h3-4,6,8,11H,2,5,7H2,1H3/t8-/m1/s1. The second-order valence-electron chi connectivity index (χ2n) is 2.96. The van der Waals surface area contributed by atoms with Gasteiger partial charge in [-0.2, -0.15) is 0 Å². The topological polar surface area (TPSA) is 46.5 Å². The largest absolute Gasteiger partial charge is 0.466 e. The molecule has 0 spiro atoms. The fourth-order valence-electron chi connectivity index (χ4n) is 1.01. The molecule has 4 heteroatoms. The van der Waals surface area contributed by atoms with Crippen molar-refractivity contribution in [1.82, 2.24) is 0 Å². The highest BCUT2D eigenvalue weighted by Gasteiger charge is 2.14. The fourth-order valence-corrected chi connectivity index (χ4v) is 1.73. The summed E-state index contributed by atoms with van der Waals surface area (Å²) in [5.74, 6) is -0.340. The van der Waals surface area contributed by atoms with Gasteiger partial charge in [0.1, 0.15) is 0 Å². The van der Waals surface area contributed by atoms with E-state index in [0.29, 0.717) is 6.61 Å². The Morgan fingerprint density at radius 3 is 3.07 bits per heavy atom. The Balaban J connectivity index is 2.33. The average Bonchev–Trinajstić information content (AvgIpc) is 2.67. The van der Waals surface area contributed by atoms with Crippen LogP contribution in [0.3, 0.4) is 0 Å². The van der Waals surface area contributed by atoms with Gasteiger partial charge in [-0.1, -0.05) is 13.0 Å². The van der Waals surface area contributed by atoms with Crippen molar-refractivity contribution in [3.05, 3.63) is 22.4 Å². The molecule has 1 N–H and O–H groups in total. The van der Waals surface area contributed by atoms with E-state index in [-0.39, 0.29) is 12.4 Å². The van der Waals surface area contributed by atoms with Gasteiger partial charge in [0.2, 0.25) is 0 Å². The highest BCUT2D eigenvalue weighted by atomic mass is 32.1. The lowest BCUT2D eigenvalue weighted by Crippen LogP contribution is -2.09. The zero-order valence-corrected chi connectivity index (χ0v) is 8.92. The predicted molar refractivity (Wildman–Crippen MR) is 55.1 cm³/mol. The van der Waals surface area contributed by atoms with E-state index in [1.54, 1.807) is 0 Å². The van der Waals surface area contributed by atoms with Gasteiger partial charge in [0.05, 0.1) is 19.1 Å². The first-order valence-electron chi connectivity index (χ1n) is 4.61. The number of hydrogen-bond acceptors (Lipinski definition) is 4. The van der Waals surface area contributed by atoms with Crippen molar-refractivity contribution in [2.75, 3.05) is 6.61 Å². The molecule has 0 saturated heterocycles. The number of rotatable bonds is 5. The molecule has 0 amide bonds. The van der Waals surface area contributed by atoms with Crippen molar-refractivity contribution in [2.45, 2.75) is 25.9 Å². The average molecular weight is 214 g/mol. The maximum absolute atomic E-state index is 11.1. The van der Waals surface area contributed by atoms with Crippen molar-refractivity contribution in [3.63, 3.8) is 0 Å². The number of carbonyl (C=O) groups is 1. The molecule has 0 aliphatic rings. The van der Waals surface area contributed by atoms with Gasteiger partial charge < -0.3 is 9.84 Å². The lowest BCUT2D eigenvalue weighted by atomic mass is 10.2. The minimum Gasteiger partial charge on any atom is -0.466 e. The van der Waals surface area contributed by atoms with E-state index in [9.17, 15) is 9.90 Å². The SMILES string of the molecule is CCCOC(=O)C[C@@H](O)c1cccs1. The molecule has 0 aliphatic heterocycles. The van der Waals surface area contributed by atoms with Crippen LogP contribution in [0.15, 0.2) is 17.5 Å². The molecule has 14 heavy (non-hydrogen) atoms. The Kier molecular flexibility index (Phi) is 4.62. The Morgan fingerprint density at radius 2 is 2.50 bits per heavy atom. The summed E-state index contributed by atoms with van der Waals surface area (Å²) in [5, 5.41) is 11.5. The number of esters is 1. The molecule has 0 saturated carbocycles. The van der Waals surface area contributed by atoms with Gasteiger partial charge in [0.15, 0.2) is 0 Å². The van der Waals surface area contributed by atoms with Crippen molar-refractivity contribution in [3.8, 4) is 0 Å². The summed E-state index contributed by atoms with van der Waals surface area (Å²) in [5.41, 5.74) is 0.